The Bertz CT molecular complexity index is 1560. The van der Waals surface area contributed by atoms with Crippen molar-refractivity contribution >= 4 is 52.4 Å². The van der Waals surface area contributed by atoms with E-state index < -0.39 is 23.8 Å². The van der Waals surface area contributed by atoms with Gasteiger partial charge in [-0.15, -0.1) is 0 Å². The summed E-state index contributed by atoms with van der Waals surface area (Å²) >= 11 is 17.7. The molecular formula is C32H32Cl2F3N5O2S. The van der Waals surface area contributed by atoms with Crippen molar-refractivity contribution < 1.29 is 22.7 Å². The summed E-state index contributed by atoms with van der Waals surface area (Å²) in [5.74, 6) is 0.202. The number of aliphatic imine (C=N–C) groups is 1. The number of carbonyl (C=O) groups excluding carboxylic acids is 1. The van der Waals surface area contributed by atoms with Crippen LogP contribution >= 0.6 is 35.4 Å². The second-order valence-electron chi connectivity index (χ2n) is 10.7. The van der Waals surface area contributed by atoms with E-state index in [1.807, 2.05) is 24.3 Å². The molecule has 7 nitrogen and oxygen atoms in total. The van der Waals surface area contributed by atoms with Crippen LogP contribution in [0.4, 0.5) is 18.0 Å². The highest BCUT2D eigenvalue weighted by atomic mass is 35.5. The van der Waals surface area contributed by atoms with Crippen molar-refractivity contribution in [3.63, 3.8) is 0 Å². The topological polar surface area (TPSA) is 69.2 Å². The van der Waals surface area contributed by atoms with Gasteiger partial charge in [-0.3, -0.25) is 9.89 Å². The molecule has 0 spiro atoms. The van der Waals surface area contributed by atoms with Crippen LogP contribution < -0.4 is 15.4 Å². The summed E-state index contributed by atoms with van der Waals surface area (Å²) in [7, 11) is 1.74. The smallest absolute Gasteiger partial charge is 0.416 e. The third kappa shape index (κ3) is 7.31. The van der Waals surface area contributed by atoms with Crippen LogP contribution in [0.5, 0.6) is 5.75 Å². The Morgan fingerprint density at radius 3 is 2.16 bits per heavy atom. The van der Waals surface area contributed by atoms with Crippen LogP contribution in [0.3, 0.4) is 0 Å². The molecule has 2 aliphatic rings. The van der Waals surface area contributed by atoms with Crippen molar-refractivity contribution in [1.82, 2.24) is 20.4 Å². The molecule has 45 heavy (non-hydrogen) atoms. The quantitative estimate of drug-likeness (QED) is 0.263. The molecule has 2 atom stereocenters. The van der Waals surface area contributed by atoms with Crippen molar-refractivity contribution in [2.75, 3.05) is 26.7 Å². The molecule has 2 amide bonds. The monoisotopic (exact) mass is 677 g/mol. The molecule has 3 aromatic carbocycles. The Kier molecular flexibility index (Phi) is 10.1. The average Bonchev–Trinajstić information content (AvgIpc) is 3.41. The number of nitrogens with zero attached hydrogens (tertiary/aromatic N) is 3. The Morgan fingerprint density at radius 1 is 1.00 bits per heavy atom. The van der Waals surface area contributed by atoms with Gasteiger partial charge in [-0.1, -0.05) is 47.5 Å². The number of alkyl halides is 3. The van der Waals surface area contributed by atoms with Crippen LogP contribution in [-0.2, 0) is 6.18 Å². The normalized spacial score (nSPS) is 18.9. The third-order valence-corrected chi connectivity index (χ3v) is 8.70. The lowest BCUT2D eigenvalue weighted by atomic mass is 9.93. The van der Waals surface area contributed by atoms with Crippen LogP contribution in [0.2, 0.25) is 10.0 Å². The standard InChI is InChI=1S/C32H32Cl2F3N5O2S/c1-3-44-26-18-21(32(35,36)37)8-13-25(26)29-40-27(19-4-9-22(33)10-5-19)28(20-6-11-23(34)12-7-20)42(29)31(43)41-16-14-24(15-17-41)39-30(45)38-2/h4-13,18,24,27-28H,3,14-17H2,1-2H3,(H2,38,39,45). The van der Waals surface area contributed by atoms with Crippen molar-refractivity contribution in [2.45, 2.75) is 44.1 Å². The van der Waals surface area contributed by atoms with Gasteiger partial charge in [-0.05, 0) is 85.6 Å². The minimum absolute atomic E-state index is 0.0148. The predicted molar refractivity (Wildman–Crippen MR) is 174 cm³/mol. The molecule has 2 heterocycles. The maximum atomic E-state index is 14.6. The van der Waals surface area contributed by atoms with Gasteiger partial charge in [0, 0.05) is 36.2 Å². The van der Waals surface area contributed by atoms with Gasteiger partial charge in [0.1, 0.15) is 17.6 Å². The molecule has 0 radical (unpaired) electrons. The fourth-order valence-electron chi connectivity index (χ4n) is 5.64. The van der Waals surface area contributed by atoms with Crippen LogP contribution in [0.15, 0.2) is 71.7 Å². The van der Waals surface area contributed by atoms with E-state index in [0.29, 0.717) is 41.1 Å². The van der Waals surface area contributed by atoms with Crippen molar-refractivity contribution in [3.8, 4) is 5.75 Å². The number of urea groups is 1. The number of likely N-dealkylation sites (tertiary alicyclic amines) is 1. The zero-order valence-electron chi connectivity index (χ0n) is 24.6. The number of amides is 2. The molecular weight excluding hydrogens is 646 g/mol. The lowest BCUT2D eigenvalue weighted by molar-refractivity contribution is -0.137. The Balaban J connectivity index is 1.62. The van der Waals surface area contributed by atoms with Gasteiger partial charge in [0.25, 0.3) is 0 Å². The van der Waals surface area contributed by atoms with Gasteiger partial charge < -0.3 is 20.3 Å². The first-order chi connectivity index (χ1) is 21.5. The molecule has 0 aromatic heterocycles. The Morgan fingerprint density at radius 2 is 1.60 bits per heavy atom. The van der Waals surface area contributed by atoms with E-state index in [-0.39, 0.29) is 35.8 Å². The minimum atomic E-state index is -4.58. The highest BCUT2D eigenvalue weighted by Gasteiger charge is 2.45. The number of halogens is 5. The Hall–Kier alpha value is -3.54. The van der Waals surface area contributed by atoms with E-state index in [4.69, 9.17) is 45.1 Å². The van der Waals surface area contributed by atoms with E-state index >= 15 is 0 Å². The van der Waals surface area contributed by atoms with Crippen LogP contribution in [0, 0.1) is 0 Å². The summed E-state index contributed by atoms with van der Waals surface area (Å²) < 4.78 is 46.9. The largest absolute Gasteiger partial charge is 0.493 e. The van der Waals surface area contributed by atoms with Crippen molar-refractivity contribution in [3.05, 3.63) is 99.0 Å². The molecule has 238 valence electrons. The van der Waals surface area contributed by atoms with Gasteiger partial charge in [0.05, 0.1) is 23.8 Å². The van der Waals surface area contributed by atoms with Crippen LogP contribution in [-0.4, -0.2) is 59.6 Å². The SMILES string of the molecule is CCOc1cc(C(F)(F)F)ccc1C1=NC(c2ccc(Cl)cc2)C(c2ccc(Cl)cc2)N1C(=O)N1CCC(NC(=S)NC)CC1. The van der Waals surface area contributed by atoms with Crippen molar-refractivity contribution in [1.29, 1.82) is 0 Å². The molecule has 2 unspecified atom stereocenters. The number of hydrogen-bond acceptors (Lipinski definition) is 4. The average molecular weight is 679 g/mol. The molecule has 0 aliphatic carbocycles. The minimum Gasteiger partial charge on any atom is -0.493 e. The number of nitrogens with one attached hydrogen (secondary N) is 2. The molecule has 1 saturated heterocycles. The van der Waals surface area contributed by atoms with E-state index in [0.717, 1.165) is 23.3 Å². The number of carbonyl (C=O) groups is 1. The molecule has 3 aromatic rings. The number of piperidine rings is 1. The number of hydrogen-bond donors (Lipinski definition) is 2. The second-order valence-corrected chi connectivity index (χ2v) is 12.0. The molecule has 1 fully saturated rings. The molecule has 13 heteroatoms. The van der Waals surface area contributed by atoms with E-state index in [1.165, 1.54) is 6.07 Å². The summed E-state index contributed by atoms with van der Waals surface area (Å²) in [5.41, 5.74) is 0.959. The summed E-state index contributed by atoms with van der Waals surface area (Å²) in [4.78, 5) is 23.0. The predicted octanol–water partition coefficient (Wildman–Crippen LogP) is 7.63. The second kappa shape index (κ2) is 13.8. The summed E-state index contributed by atoms with van der Waals surface area (Å²) in [6.45, 7) is 2.69. The molecule has 2 N–H and O–H groups in total. The number of amidine groups is 1. The Labute approximate surface area is 275 Å². The molecule has 0 bridgehead atoms. The highest BCUT2D eigenvalue weighted by molar-refractivity contribution is 7.80. The zero-order valence-corrected chi connectivity index (χ0v) is 26.9. The third-order valence-electron chi connectivity index (χ3n) is 7.87. The number of ether oxygens (including phenoxy) is 1. The van der Waals surface area contributed by atoms with E-state index in [9.17, 15) is 18.0 Å². The highest BCUT2D eigenvalue weighted by Crippen LogP contribution is 2.46. The lowest BCUT2D eigenvalue weighted by Crippen LogP contribution is -2.52. The first-order valence-electron chi connectivity index (χ1n) is 14.5. The van der Waals surface area contributed by atoms with Gasteiger partial charge >= 0.3 is 12.2 Å². The van der Waals surface area contributed by atoms with Crippen molar-refractivity contribution in [2.24, 2.45) is 4.99 Å². The molecule has 2 aliphatic heterocycles. The maximum Gasteiger partial charge on any atom is 0.416 e. The summed E-state index contributed by atoms with van der Waals surface area (Å²) in [6.07, 6.45) is -3.27. The van der Waals surface area contributed by atoms with E-state index in [2.05, 4.69) is 10.6 Å². The van der Waals surface area contributed by atoms with Gasteiger partial charge in [-0.2, -0.15) is 13.2 Å². The van der Waals surface area contributed by atoms with Gasteiger partial charge in [0.2, 0.25) is 0 Å². The number of benzene rings is 3. The summed E-state index contributed by atoms with van der Waals surface area (Å²) in [6, 6.07) is 16.1. The number of thiocarbonyl (C=S) groups is 1. The summed E-state index contributed by atoms with van der Waals surface area (Å²) in [5, 5.41) is 7.76. The van der Waals surface area contributed by atoms with Gasteiger partial charge in [-0.25, -0.2) is 4.79 Å². The molecule has 5 rings (SSSR count). The first kappa shape index (κ1) is 32.8. The fraction of sp³-hybridized carbons (Fsp3) is 0.344. The first-order valence-corrected chi connectivity index (χ1v) is 15.7. The van der Waals surface area contributed by atoms with Crippen LogP contribution in [0.1, 0.15) is 54.1 Å². The van der Waals surface area contributed by atoms with Crippen LogP contribution in [0.25, 0.3) is 0 Å². The van der Waals surface area contributed by atoms with E-state index in [1.54, 1.807) is 48.0 Å². The van der Waals surface area contributed by atoms with Gasteiger partial charge in [0.15, 0.2) is 5.11 Å². The maximum absolute atomic E-state index is 14.6. The fourth-order valence-corrected chi connectivity index (χ4v) is 6.06. The molecule has 0 saturated carbocycles. The zero-order chi connectivity index (χ0) is 32.3. The number of rotatable bonds is 6. The lowest BCUT2D eigenvalue weighted by Gasteiger charge is -2.38.